The molecule has 12 heavy (non-hydrogen) atoms. The van der Waals surface area contributed by atoms with Gasteiger partial charge in [0.05, 0.1) is 0 Å². The Labute approximate surface area is 76.6 Å². The van der Waals surface area contributed by atoms with Gasteiger partial charge in [-0.3, -0.25) is 0 Å². The van der Waals surface area contributed by atoms with Crippen LogP contribution in [-0.2, 0) is 5.75 Å². The van der Waals surface area contributed by atoms with E-state index in [1.54, 1.807) is 12.1 Å². The fraction of sp³-hybridized carbons (Fsp3) is 0.143. The van der Waals surface area contributed by atoms with Crippen molar-refractivity contribution >= 4 is 20.0 Å². The Bertz CT molecular complexity index is 237. The average Bonchev–Trinajstić information content (AvgIpc) is 2.05. The number of thiol groups is 1. The molecule has 0 saturated carbocycles. The van der Waals surface area contributed by atoms with E-state index in [0.717, 1.165) is 5.56 Å². The molecule has 0 aromatic heterocycles. The summed E-state index contributed by atoms with van der Waals surface area (Å²) >= 11 is 4.07. The van der Waals surface area contributed by atoms with Crippen LogP contribution in [0, 0.1) is 0 Å². The molecule has 0 amide bonds. The van der Waals surface area contributed by atoms with Crippen molar-refractivity contribution in [3.05, 3.63) is 29.8 Å². The van der Waals surface area contributed by atoms with Crippen molar-refractivity contribution < 1.29 is 14.7 Å². The summed E-state index contributed by atoms with van der Waals surface area (Å²) in [6.07, 6.45) is 0. The monoisotopic (exact) mass is 184 g/mol. The molecule has 0 spiro atoms. The summed E-state index contributed by atoms with van der Waals surface area (Å²) in [5.41, 5.74) is 1.05. The highest BCUT2D eigenvalue weighted by molar-refractivity contribution is 7.79. The van der Waals surface area contributed by atoms with E-state index in [1.165, 1.54) is 0 Å². The van der Waals surface area contributed by atoms with Crippen LogP contribution in [0.1, 0.15) is 5.56 Å². The van der Waals surface area contributed by atoms with Crippen molar-refractivity contribution in [3.63, 3.8) is 0 Å². The quantitative estimate of drug-likeness (QED) is 0.472. The Balaban J connectivity index is 2.65. The van der Waals surface area contributed by atoms with E-state index in [9.17, 15) is 0 Å². The van der Waals surface area contributed by atoms with Crippen molar-refractivity contribution in [3.8, 4) is 5.75 Å². The van der Waals surface area contributed by atoms with Gasteiger partial charge in [-0.15, -0.1) is 0 Å². The van der Waals surface area contributed by atoms with Crippen molar-refractivity contribution in [1.29, 1.82) is 0 Å². The fourth-order valence-corrected chi connectivity index (χ4v) is 1.01. The van der Waals surface area contributed by atoms with E-state index < -0.39 is 7.32 Å². The molecule has 2 N–H and O–H groups in total. The maximum absolute atomic E-state index is 8.45. The Kier molecular flexibility index (Phi) is 3.46. The molecule has 0 radical (unpaired) electrons. The van der Waals surface area contributed by atoms with Crippen LogP contribution >= 0.6 is 12.6 Å². The smallest absolute Gasteiger partial charge is 0.512 e. The summed E-state index contributed by atoms with van der Waals surface area (Å²) in [4.78, 5) is 0. The van der Waals surface area contributed by atoms with Gasteiger partial charge in [0.1, 0.15) is 5.75 Å². The highest BCUT2D eigenvalue weighted by Crippen LogP contribution is 2.13. The second kappa shape index (κ2) is 4.40. The van der Waals surface area contributed by atoms with E-state index >= 15 is 0 Å². The highest BCUT2D eigenvalue weighted by atomic mass is 32.1. The van der Waals surface area contributed by atoms with Crippen LogP contribution in [0.25, 0.3) is 0 Å². The predicted molar refractivity (Wildman–Crippen MR) is 50.0 cm³/mol. The first-order valence-corrected chi connectivity index (χ1v) is 4.08. The third kappa shape index (κ3) is 2.77. The zero-order valence-corrected chi connectivity index (χ0v) is 7.24. The molecular formula is C7H9BO3S. The van der Waals surface area contributed by atoms with Crippen LogP contribution in [0.2, 0.25) is 0 Å². The molecule has 0 aliphatic heterocycles. The van der Waals surface area contributed by atoms with Crippen molar-refractivity contribution in [2.75, 3.05) is 0 Å². The molecule has 0 aliphatic rings. The van der Waals surface area contributed by atoms with Gasteiger partial charge in [-0.05, 0) is 17.7 Å². The lowest BCUT2D eigenvalue weighted by Gasteiger charge is -2.04. The molecule has 1 aromatic carbocycles. The number of benzene rings is 1. The van der Waals surface area contributed by atoms with Gasteiger partial charge in [-0.2, -0.15) is 12.6 Å². The van der Waals surface area contributed by atoms with Gasteiger partial charge in [0, 0.05) is 5.75 Å². The molecule has 0 aliphatic carbocycles. The Morgan fingerprint density at radius 3 is 2.25 bits per heavy atom. The molecule has 0 unspecified atom stereocenters. The van der Waals surface area contributed by atoms with E-state index in [4.69, 9.17) is 10.0 Å². The van der Waals surface area contributed by atoms with Crippen LogP contribution in [0.5, 0.6) is 5.75 Å². The van der Waals surface area contributed by atoms with Crippen molar-refractivity contribution in [1.82, 2.24) is 0 Å². The summed E-state index contributed by atoms with van der Waals surface area (Å²) < 4.78 is 4.60. The lowest BCUT2D eigenvalue weighted by atomic mass is 10.2. The molecule has 0 saturated heterocycles. The molecule has 1 aromatic rings. The fourth-order valence-electron chi connectivity index (χ4n) is 0.795. The number of hydrogen-bond acceptors (Lipinski definition) is 4. The molecular weight excluding hydrogens is 175 g/mol. The van der Waals surface area contributed by atoms with Gasteiger partial charge < -0.3 is 14.7 Å². The number of hydrogen-bond donors (Lipinski definition) is 3. The first kappa shape index (κ1) is 9.44. The van der Waals surface area contributed by atoms with Crippen molar-refractivity contribution in [2.45, 2.75) is 5.75 Å². The van der Waals surface area contributed by atoms with Gasteiger partial charge in [0.25, 0.3) is 0 Å². The standard InChI is InChI=1S/C7H9BO3S/c9-8(10)11-7-3-1-6(5-12)2-4-7/h1-4,9-10,12H,5H2. The normalized spacial score (nSPS) is 9.58. The minimum Gasteiger partial charge on any atom is -0.512 e. The summed E-state index contributed by atoms with van der Waals surface area (Å²) in [5.74, 6) is 1.08. The number of rotatable bonds is 3. The van der Waals surface area contributed by atoms with Crippen LogP contribution < -0.4 is 4.65 Å². The zero-order valence-electron chi connectivity index (χ0n) is 6.34. The molecule has 5 heteroatoms. The molecule has 0 fully saturated rings. The van der Waals surface area contributed by atoms with Crippen molar-refractivity contribution in [2.24, 2.45) is 0 Å². The summed E-state index contributed by atoms with van der Waals surface area (Å²) in [5, 5.41) is 16.9. The topological polar surface area (TPSA) is 49.7 Å². The molecule has 3 nitrogen and oxygen atoms in total. The van der Waals surface area contributed by atoms with E-state index in [0.29, 0.717) is 11.5 Å². The predicted octanol–water partition coefficient (Wildman–Crippen LogP) is 0.465. The lowest BCUT2D eigenvalue weighted by Crippen LogP contribution is -2.20. The second-order valence-electron chi connectivity index (χ2n) is 2.25. The van der Waals surface area contributed by atoms with Gasteiger partial charge in [0.15, 0.2) is 0 Å². The van der Waals surface area contributed by atoms with Gasteiger partial charge >= 0.3 is 7.32 Å². The Morgan fingerprint density at radius 1 is 1.25 bits per heavy atom. The molecule has 0 bridgehead atoms. The van der Waals surface area contributed by atoms with Gasteiger partial charge in [-0.1, -0.05) is 12.1 Å². The molecule has 0 atom stereocenters. The molecule has 0 heterocycles. The molecule has 64 valence electrons. The zero-order chi connectivity index (χ0) is 8.97. The minimum absolute atomic E-state index is 0.426. The van der Waals surface area contributed by atoms with Gasteiger partial charge in [-0.25, -0.2) is 0 Å². The van der Waals surface area contributed by atoms with Crippen LogP contribution in [0.3, 0.4) is 0 Å². The summed E-state index contributed by atoms with van der Waals surface area (Å²) in [6, 6.07) is 6.94. The largest absolute Gasteiger partial charge is 0.707 e. The van der Waals surface area contributed by atoms with E-state index in [-0.39, 0.29) is 0 Å². The average molecular weight is 184 g/mol. The third-order valence-corrected chi connectivity index (χ3v) is 1.71. The molecule has 1 rings (SSSR count). The third-order valence-electron chi connectivity index (χ3n) is 1.35. The second-order valence-corrected chi connectivity index (χ2v) is 2.56. The summed E-state index contributed by atoms with van der Waals surface area (Å²) in [7, 11) is -1.76. The SMILES string of the molecule is OB(O)Oc1ccc(CS)cc1. The van der Waals surface area contributed by atoms with Crippen LogP contribution in [-0.4, -0.2) is 17.4 Å². The first-order valence-electron chi connectivity index (χ1n) is 3.45. The van der Waals surface area contributed by atoms with E-state index in [1.807, 2.05) is 12.1 Å². The minimum atomic E-state index is -1.76. The Morgan fingerprint density at radius 2 is 1.83 bits per heavy atom. The maximum Gasteiger partial charge on any atom is 0.707 e. The van der Waals surface area contributed by atoms with Gasteiger partial charge in [0.2, 0.25) is 0 Å². The first-order chi connectivity index (χ1) is 5.72. The summed E-state index contributed by atoms with van der Waals surface area (Å²) in [6.45, 7) is 0. The van der Waals surface area contributed by atoms with Crippen LogP contribution in [0.15, 0.2) is 24.3 Å². The Hall–Kier alpha value is -0.645. The highest BCUT2D eigenvalue weighted by Gasteiger charge is 2.10. The van der Waals surface area contributed by atoms with E-state index in [2.05, 4.69) is 17.3 Å². The van der Waals surface area contributed by atoms with Crippen LogP contribution in [0.4, 0.5) is 0 Å². The maximum atomic E-state index is 8.45. The lowest BCUT2D eigenvalue weighted by molar-refractivity contribution is 0.288.